The number of anilines is 2. The van der Waals surface area contributed by atoms with Crippen molar-refractivity contribution in [3.8, 4) is 0 Å². The summed E-state index contributed by atoms with van der Waals surface area (Å²) in [5.41, 5.74) is 3.31. The molecule has 0 radical (unpaired) electrons. The highest BCUT2D eigenvalue weighted by atomic mass is 16.5. The highest BCUT2D eigenvalue weighted by molar-refractivity contribution is 5.94. The maximum absolute atomic E-state index is 12.4. The van der Waals surface area contributed by atoms with E-state index in [1.807, 2.05) is 11.0 Å². The van der Waals surface area contributed by atoms with Crippen LogP contribution in [-0.4, -0.2) is 55.6 Å². The molecule has 0 aromatic heterocycles. The lowest BCUT2D eigenvalue weighted by molar-refractivity contribution is -0.141. The molecule has 1 unspecified atom stereocenters. The van der Waals surface area contributed by atoms with Crippen LogP contribution in [0.5, 0.6) is 0 Å². The average molecular weight is 329 g/mol. The van der Waals surface area contributed by atoms with Crippen molar-refractivity contribution in [2.75, 3.05) is 43.0 Å². The van der Waals surface area contributed by atoms with E-state index < -0.39 is 0 Å². The molecule has 0 aliphatic carbocycles. The molecular formula is C18H23N3O3. The van der Waals surface area contributed by atoms with Gasteiger partial charge in [-0.25, -0.2) is 0 Å². The number of nitrogens with zero attached hydrogens (tertiary/aromatic N) is 2. The van der Waals surface area contributed by atoms with Crippen LogP contribution < -0.4 is 10.2 Å². The lowest BCUT2D eigenvalue weighted by atomic mass is 10.0. The van der Waals surface area contributed by atoms with E-state index in [0.29, 0.717) is 13.0 Å². The largest absolute Gasteiger partial charge is 0.368 e. The number of hydrogen-bond acceptors (Lipinski definition) is 4. The predicted molar refractivity (Wildman–Crippen MR) is 91.2 cm³/mol. The molecule has 3 aliphatic heterocycles. The van der Waals surface area contributed by atoms with Gasteiger partial charge in [0.2, 0.25) is 5.91 Å². The Balaban J connectivity index is 1.39. The zero-order valence-corrected chi connectivity index (χ0v) is 13.8. The van der Waals surface area contributed by atoms with Crippen LogP contribution in [0.3, 0.4) is 0 Å². The van der Waals surface area contributed by atoms with Gasteiger partial charge in [-0.05, 0) is 43.0 Å². The molecule has 6 nitrogen and oxygen atoms in total. The summed E-state index contributed by atoms with van der Waals surface area (Å²) in [4.78, 5) is 28.1. The molecule has 4 rings (SSSR count). The Morgan fingerprint density at radius 1 is 1.17 bits per heavy atom. The summed E-state index contributed by atoms with van der Waals surface area (Å²) in [5, 5.41) is 2.92. The second-order valence-corrected chi connectivity index (χ2v) is 6.70. The molecule has 1 N–H and O–H groups in total. The van der Waals surface area contributed by atoms with E-state index in [2.05, 4.69) is 22.3 Å². The minimum atomic E-state index is -0.219. The molecule has 3 heterocycles. The van der Waals surface area contributed by atoms with Crippen molar-refractivity contribution < 1.29 is 14.3 Å². The second kappa shape index (κ2) is 6.43. The van der Waals surface area contributed by atoms with Crippen LogP contribution in [0.25, 0.3) is 0 Å². The Bertz CT molecular complexity index is 647. The van der Waals surface area contributed by atoms with Gasteiger partial charge in [-0.15, -0.1) is 0 Å². The normalized spacial score (nSPS) is 23.8. The smallest absolute Gasteiger partial charge is 0.251 e. The van der Waals surface area contributed by atoms with E-state index in [9.17, 15) is 9.59 Å². The summed E-state index contributed by atoms with van der Waals surface area (Å²) in [6.07, 6.45) is 2.98. The topological polar surface area (TPSA) is 61.9 Å². The quantitative estimate of drug-likeness (QED) is 0.891. The summed E-state index contributed by atoms with van der Waals surface area (Å²) in [6, 6.07) is 6.22. The number of carbonyl (C=O) groups excluding carboxylic acids is 2. The number of ether oxygens (including phenoxy) is 1. The Hall–Kier alpha value is -2.08. The van der Waals surface area contributed by atoms with Crippen LogP contribution in [0, 0.1) is 0 Å². The Kier molecular flexibility index (Phi) is 4.14. The third-order valence-corrected chi connectivity index (χ3v) is 5.15. The van der Waals surface area contributed by atoms with Crippen LogP contribution >= 0.6 is 0 Å². The maximum Gasteiger partial charge on any atom is 0.251 e. The van der Waals surface area contributed by atoms with Gasteiger partial charge in [0, 0.05) is 50.6 Å². The van der Waals surface area contributed by atoms with Crippen LogP contribution in [0.15, 0.2) is 18.2 Å². The molecule has 0 saturated carbocycles. The van der Waals surface area contributed by atoms with Gasteiger partial charge in [0.25, 0.3) is 5.91 Å². The number of carbonyl (C=O) groups is 2. The van der Waals surface area contributed by atoms with Crippen molar-refractivity contribution in [3.05, 3.63) is 23.8 Å². The zero-order chi connectivity index (χ0) is 16.5. The van der Waals surface area contributed by atoms with E-state index in [1.165, 1.54) is 11.3 Å². The molecule has 0 spiro atoms. The molecular weight excluding hydrogens is 306 g/mol. The Morgan fingerprint density at radius 2 is 2.00 bits per heavy atom. The molecule has 3 aliphatic rings. The van der Waals surface area contributed by atoms with Gasteiger partial charge in [0.05, 0.1) is 0 Å². The number of fused-ring (bicyclic) bond motifs is 1. The second-order valence-electron chi connectivity index (χ2n) is 6.70. The molecule has 2 saturated heterocycles. The molecule has 24 heavy (non-hydrogen) atoms. The lowest BCUT2D eigenvalue weighted by Gasteiger charge is -2.37. The fourth-order valence-electron chi connectivity index (χ4n) is 3.73. The minimum absolute atomic E-state index is 0.0940. The third-order valence-electron chi connectivity index (χ3n) is 5.15. The van der Waals surface area contributed by atoms with Crippen molar-refractivity contribution in [2.24, 2.45) is 0 Å². The SMILES string of the molecule is O=C1CCc2cc(N3CCN(C(=O)C4CCCO4)CC3)ccc2N1. The van der Waals surface area contributed by atoms with E-state index in [1.54, 1.807) is 0 Å². The molecule has 2 fully saturated rings. The van der Waals surface area contributed by atoms with Gasteiger partial charge in [-0.2, -0.15) is 0 Å². The van der Waals surface area contributed by atoms with Crippen LogP contribution in [0.1, 0.15) is 24.8 Å². The van der Waals surface area contributed by atoms with Gasteiger partial charge in [-0.1, -0.05) is 0 Å². The van der Waals surface area contributed by atoms with E-state index in [-0.39, 0.29) is 17.9 Å². The van der Waals surface area contributed by atoms with Crippen molar-refractivity contribution >= 4 is 23.2 Å². The van der Waals surface area contributed by atoms with Crippen molar-refractivity contribution in [1.29, 1.82) is 0 Å². The average Bonchev–Trinajstić information content (AvgIpc) is 3.15. The maximum atomic E-state index is 12.4. The van der Waals surface area contributed by atoms with E-state index in [0.717, 1.165) is 51.1 Å². The molecule has 0 bridgehead atoms. The number of benzene rings is 1. The molecule has 1 aromatic rings. The monoisotopic (exact) mass is 329 g/mol. The number of hydrogen-bond donors (Lipinski definition) is 1. The van der Waals surface area contributed by atoms with E-state index >= 15 is 0 Å². The summed E-state index contributed by atoms with van der Waals surface area (Å²) in [5.74, 6) is 0.247. The molecule has 2 amide bonds. The summed E-state index contributed by atoms with van der Waals surface area (Å²) >= 11 is 0. The highest BCUT2D eigenvalue weighted by Gasteiger charge is 2.30. The van der Waals surface area contributed by atoms with Gasteiger partial charge in [0.15, 0.2) is 0 Å². The number of nitrogens with one attached hydrogen (secondary N) is 1. The molecule has 1 atom stereocenters. The summed E-state index contributed by atoms with van der Waals surface area (Å²) in [6.45, 7) is 3.87. The third kappa shape index (κ3) is 2.98. The number of amides is 2. The number of piperazine rings is 1. The molecule has 128 valence electrons. The first kappa shape index (κ1) is 15.4. The summed E-state index contributed by atoms with van der Waals surface area (Å²) in [7, 11) is 0. The Morgan fingerprint density at radius 3 is 2.75 bits per heavy atom. The first-order valence-corrected chi connectivity index (χ1v) is 8.79. The predicted octanol–water partition coefficient (Wildman–Crippen LogP) is 1.40. The van der Waals surface area contributed by atoms with Crippen molar-refractivity contribution in [3.63, 3.8) is 0 Å². The first-order valence-electron chi connectivity index (χ1n) is 8.79. The van der Waals surface area contributed by atoms with Crippen LogP contribution in [0.4, 0.5) is 11.4 Å². The first-order chi connectivity index (χ1) is 11.7. The van der Waals surface area contributed by atoms with Crippen LogP contribution in [0.2, 0.25) is 0 Å². The Labute approximate surface area is 141 Å². The van der Waals surface area contributed by atoms with E-state index in [4.69, 9.17) is 4.74 Å². The van der Waals surface area contributed by atoms with Gasteiger partial charge < -0.3 is 19.9 Å². The minimum Gasteiger partial charge on any atom is -0.368 e. The number of aryl methyl sites for hydroxylation is 1. The van der Waals surface area contributed by atoms with Crippen LogP contribution in [-0.2, 0) is 20.7 Å². The van der Waals surface area contributed by atoms with Gasteiger partial charge >= 0.3 is 0 Å². The molecule has 1 aromatic carbocycles. The summed E-state index contributed by atoms with van der Waals surface area (Å²) < 4.78 is 5.51. The zero-order valence-electron chi connectivity index (χ0n) is 13.8. The fraction of sp³-hybridized carbons (Fsp3) is 0.556. The molecule has 6 heteroatoms. The lowest BCUT2D eigenvalue weighted by Crippen LogP contribution is -2.51. The van der Waals surface area contributed by atoms with Gasteiger partial charge in [-0.3, -0.25) is 9.59 Å². The van der Waals surface area contributed by atoms with Gasteiger partial charge in [0.1, 0.15) is 6.10 Å². The standard InChI is InChI=1S/C18H23N3O3/c22-17-6-3-13-12-14(4-5-15(13)19-17)20-7-9-21(10-8-20)18(23)16-2-1-11-24-16/h4-5,12,16H,1-3,6-11H2,(H,19,22). The fourth-order valence-corrected chi connectivity index (χ4v) is 3.73. The van der Waals surface area contributed by atoms with Crippen molar-refractivity contribution in [1.82, 2.24) is 4.90 Å². The number of rotatable bonds is 2. The van der Waals surface area contributed by atoms with Crippen molar-refractivity contribution in [2.45, 2.75) is 31.8 Å². The highest BCUT2D eigenvalue weighted by Crippen LogP contribution is 2.28.